The number of rotatable bonds is 9. The smallest absolute Gasteiger partial charge is 0.262 e. The minimum absolute atomic E-state index is 0.238. The van der Waals surface area contributed by atoms with Crippen LogP contribution in [0.15, 0.2) is 35.6 Å². The molecule has 1 saturated heterocycles. The first kappa shape index (κ1) is 47.8. The van der Waals surface area contributed by atoms with Gasteiger partial charge in [-0.15, -0.1) is 11.3 Å². The Morgan fingerprint density at radius 2 is 1.53 bits per heavy atom. The third-order valence-corrected chi connectivity index (χ3v) is 6.96. The molecule has 43 heavy (non-hydrogen) atoms. The van der Waals surface area contributed by atoms with E-state index in [9.17, 15) is 14.4 Å². The van der Waals surface area contributed by atoms with E-state index in [1.54, 1.807) is 26.0 Å². The minimum Gasteiger partial charge on any atom is -0.391 e. The van der Waals surface area contributed by atoms with Crippen molar-refractivity contribution in [3.8, 4) is 0 Å². The lowest BCUT2D eigenvalue weighted by Gasteiger charge is -2.35. The number of nitrogens with zero attached hydrogens (tertiary/aromatic N) is 1. The van der Waals surface area contributed by atoms with Gasteiger partial charge in [-0.3, -0.25) is 9.59 Å². The molecule has 0 aromatic carbocycles. The molecule has 2 N–H and O–H groups in total. The van der Waals surface area contributed by atoms with Crippen LogP contribution >= 0.6 is 22.9 Å². The van der Waals surface area contributed by atoms with Gasteiger partial charge in [0, 0.05) is 30.9 Å². The normalized spacial score (nSPS) is 14.2. The van der Waals surface area contributed by atoms with Gasteiger partial charge in [0.25, 0.3) is 5.91 Å². The Morgan fingerprint density at radius 3 is 1.93 bits per heavy atom. The van der Waals surface area contributed by atoms with E-state index < -0.39 is 5.54 Å². The number of amides is 2. The molecule has 2 rings (SSSR count). The number of carbonyl (C=O) groups excluding carboxylic acids is 3. The molecule has 1 unspecified atom stereocenters. The Hall–Kier alpha value is -2.12. The average molecular weight is 644 g/mol. The summed E-state index contributed by atoms with van der Waals surface area (Å²) in [6, 6.07) is 3.71. The molecular formula is C35H66ClN3O3S. The highest BCUT2D eigenvalue weighted by Crippen LogP contribution is 2.23. The molecule has 0 bridgehead atoms. The van der Waals surface area contributed by atoms with E-state index in [1.807, 2.05) is 60.7 Å². The van der Waals surface area contributed by atoms with Gasteiger partial charge in [-0.05, 0) is 70.6 Å². The predicted octanol–water partition coefficient (Wildman–Crippen LogP) is 10.2. The highest BCUT2D eigenvalue weighted by atomic mass is 35.5. The summed E-state index contributed by atoms with van der Waals surface area (Å²) in [7, 11) is 1.92. The number of nitrogens with one attached hydrogen (secondary N) is 2. The van der Waals surface area contributed by atoms with Crippen molar-refractivity contribution in [3.05, 3.63) is 44.8 Å². The van der Waals surface area contributed by atoms with Crippen LogP contribution in [-0.2, 0) is 9.59 Å². The van der Waals surface area contributed by atoms with E-state index in [1.165, 1.54) is 24.2 Å². The molecule has 1 fully saturated rings. The van der Waals surface area contributed by atoms with Gasteiger partial charge in [0.2, 0.25) is 5.91 Å². The molecule has 2 amide bonds. The Kier molecular flexibility index (Phi) is 34.8. The number of hydrogen-bond donors (Lipinski definition) is 2. The molecule has 8 heteroatoms. The number of aldehydes is 1. The summed E-state index contributed by atoms with van der Waals surface area (Å²) in [4.78, 5) is 37.4. The first-order chi connectivity index (χ1) is 20.5. The zero-order chi connectivity index (χ0) is 34.4. The summed E-state index contributed by atoms with van der Waals surface area (Å²) in [6.45, 7) is 26.8. The zero-order valence-corrected chi connectivity index (χ0v) is 31.7. The fourth-order valence-corrected chi connectivity index (χ4v) is 4.55. The third kappa shape index (κ3) is 22.1. The third-order valence-electron chi connectivity index (χ3n) is 5.73. The van der Waals surface area contributed by atoms with Gasteiger partial charge in [-0.2, -0.15) is 0 Å². The van der Waals surface area contributed by atoms with Crippen molar-refractivity contribution in [1.29, 1.82) is 0 Å². The van der Waals surface area contributed by atoms with Crippen LogP contribution in [-0.4, -0.2) is 48.2 Å². The monoisotopic (exact) mass is 643 g/mol. The molecular weight excluding hydrogens is 578 g/mol. The van der Waals surface area contributed by atoms with E-state index in [-0.39, 0.29) is 11.8 Å². The van der Waals surface area contributed by atoms with Gasteiger partial charge in [-0.25, -0.2) is 0 Å². The summed E-state index contributed by atoms with van der Waals surface area (Å²) < 4.78 is 0.555. The van der Waals surface area contributed by atoms with E-state index in [2.05, 4.69) is 50.2 Å². The molecule has 1 aliphatic heterocycles. The second-order valence-corrected chi connectivity index (χ2v) is 11.2. The number of piperidine rings is 1. The van der Waals surface area contributed by atoms with Crippen LogP contribution < -0.4 is 10.6 Å². The van der Waals surface area contributed by atoms with E-state index in [0.717, 1.165) is 49.9 Å². The number of carbonyl (C=O) groups is 3. The van der Waals surface area contributed by atoms with E-state index in [4.69, 9.17) is 11.6 Å². The van der Waals surface area contributed by atoms with Crippen LogP contribution in [0.3, 0.4) is 0 Å². The Labute approximate surface area is 275 Å². The quantitative estimate of drug-likeness (QED) is 0.159. The zero-order valence-electron chi connectivity index (χ0n) is 30.1. The van der Waals surface area contributed by atoms with Crippen LogP contribution in [0.1, 0.15) is 145 Å². The first-order valence-electron chi connectivity index (χ1n) is 16.5. The number of hydrogen-bond acceptors (Lipinski definition) is 5. The van der Waals surface area contributed by atoms with Crippen LogP contribution in [0.2, 0.25) is 4.34 Å². The maximum absolute atomic E-state index is 12.7. The van der Waals surface area contributed by atoms with Crippen molar-refractivity contribution in [2.45, 2.75) is 147 Å². The predicted molar refractivity (Wildman–Crippen MR) is 192 cm³/mol. The van der Waals surface area contributed by atoms with Gasteiger partial charge >= 0.3 is 0 Å². The summed E-state index contributed by atoms with van der Waals surface area (Å²) >= 11 is 6.86. The van der Waals surface area contributed by atoms with Crippen LogP contribution in [0.5, 0.6) is 0 Å². The van der Waals surface area contributed by atoms with Gasteiger partial charge in [0.05, 0.1) is 14.8 Å². The lowest BCUT2D eigenvalue weighted by Crippen LogP contribution is -2.44. The van der Waals surface area contributed by atoms with E-state index in [0.29, 0.717) is 21.5 Å². The van der Waals surface area contributed by atoms with Crippen molar-refractivity contribution >= 4 is 41.0 Å². The largest absolute Gasteiger partial charge is 0.391 e. The Bertz CT molecular complexity index is 889. The van der Waals surface area contributed by atoms with Crippen molar-refractivity contribution in [2.24, 2.45) is 0 Å². The lowest BCUT2D eigenvalue weighted by atomic mass is 9.98. The standard InChI is InChI=1S/C17H30N2O.C9H10ClNO2S.C3H8.3C2H6/c1-5-14(11-12-15(6-2)18-4)17(20)19-13-9-8-10-16(19)7-3;1-9(2,5-12)11-8(13)6-3-4-7(10)14-6;1-3-2;3*1-2/h11-12,16,18H,5-10,13H2,1-4H3;3-5H,1-2H3,(H,11,13);3H2,1-2H3;3*1-2H3/b14-11+,15-12+;;;;;. The molecule has 0 spiro atoms. The molecule has 1 aromatic rings. The molecule has 1 atom stereocenters. The number of thiophene rings is 1. The maximum atomic E-state index is 12.7. The maximum Gasteiger partial charge on any atom is 0.262 e. The lowest BCUT2D eigenvalue weighted by molar-refractivity contribution is -0.130. The summed E-state index contributed by atoms with van der Waals surface area (Å²) in [5, 5.41) is 5.74. The fraction of sp³-hybridized carbons (Fsp3) is 0.686. The molecule has 252 valence electrons. The van der Waals surface area contributed by atoms with Crippen LogP contribution in [0, 0.1) is 0 Å². The summed E-state index contributed by atoms with van der Waals surface area (Å²) in [6.07, 6.45) is 12.4. The fourth-order valence-electron chi connectivity index (χ4n) is 3.62. The second kappa shape index (κ2) is 31.3. The molecule has 1 aliphatic rings. The molecule has 2 heterocycles. The molecule has 0 aliphatic carbocycles. The number of likely N-dealkylation sites (tertiary alicyclic amines) is 1. The number of halogens is 1. The van der Waals surface area contributed by atoms with Gasteiger partial charge in [0.1, 0.15) is 6.29 Å². The molecule has 0 radical (unpaired) electrons. The van der Waals surface area contributed by atoms with Crippen molar-refractivity contribution < 1.29 is 14.4 Å². The van der Waals surface area contributed by atoms with Crippen LogP contribution in [0.4, 0.5) is 0 Å². The average Bonchev–Trinajstić information content (AvgIpc) is 3.49. The summed E-state index contributed by atoms with van der Waals surface area (Å²) in [5.41, 5.74) is 1.24. The van der Waals surface area contributed by atoms with Crippen LogP contribution in [0.25, 0.3) is 0 Å². The van der Waals surface area contributed by atoms with Crippen molar-refractivity contribution in [1.82, 2.24) is 15.5 Å². The molecule has 0 saturated carbocycles. The Morgan fingerprint density at radius 1 is 0.977 bits per heavy atom. The second-order valence-electron chi connectivity index (χ2n) is 9.50. The summed E-state index contributed by atoms with van der Waals surface area (Å²) in [5.74, 6) is -0.0409. The topological polar surface area (TPSA) is 78.5 Å². The molecule has 6 nitrogen and oxygen atoms in total. The molecule has 1 aromatic heterocycles. The van der Waals surface area contributed by atoms with Crippen molar-refractivity contribution in [3.63, 3.8) is 0 Å². The van der Waals surface area contributed by atoms with Gasteiger partial charge in [-0.1, -0.05) is 100 Å². The number of allylic oxidation sites excluding steroid dienone is 3. The minimum atomic E-state index is -0.840. The van der Waals surface area contributed by atoms with Gasteiger partial charge in [0.15, 0.2) is 0 Å². The van der Waals surface area contributed by atoms with Crippen molar-refractivity contribution in [2.75, 3.05) is 13.6 Å². The first-order valence-corrected chi connectivity index (χ1v) is 17.7. The van der Waals surface area contributed by atoms with E-state index >= 15 is 0 Å². The SMILES string of the molecule is CC.CC.CC.CC(C)(C=O)NC(=O)c1ccc(Cl)s1.CC/C(=C\C=C(/CC)C(=O)N1CCCCC1CC)NC.CCC. The highest BCUT2D eigenvalue weighted by molar-refractivity contribution is 7.18. The Balaban J connectivity index is -0.000000288. The highest BCUT2D eigenvalue weighted by Gasteiger charge is 2.26. The van der Waals surface area contributed by atoms with Gasteiger partial charge < -0.3 is 20.3 Å².